The van der Waals surface area contributed by atoms with Gasteiger partial charge in [0.15, 0.2) is 11.5 Å². The molecule has 0 amide bonds. The lowest BCUT2D eigenvalue weighted by Gasteiger charge is -2.23. The minimum atomic E-state index is 0. The van der Waals surface area contributed by atoms with Crippen LogP contribution in [0.5, 0.6) is 11.5 Å². The summed E-state index contributed by atoms with van der Waals surface area (Å²) in [5.74, 6) is 2.04. The highest BCUT2D eigenvalue weighted by atomic mass is 16.5. The fourth-order valence-corrected chi connectivity index (χ4v) is 4.92. The van der Waals surface area contributed by atoms with Gasteiger partial charge < -0.3 is 9.47 Å². The Bertz CT molecular complexity index is 1230. The summed E-state index contributed by atoms with van der Waals surface area (Å²) in [7, 11) is 3.39. The summed E-state index contributed by atoms with van der Waals surface area (Å²) in [5, 5.41) is 3.55. The Balaban J connectivity index is 0.00000245. The number of ether oxygens (including phenoxy) is 2. The molecule has 0 unspecified atom stereocenters. The van der Waals surface area contributed by atoms with E-state index in [-0.39, 0.29) is 7.43 Å². The van der Waals surface area contributed by atoms with Crippen molar-refractivity contribution in [3.63, 3.8) is 0 Å². The molecular formula is C28H32N2O2. The quantitative estimate of drug-likeness (QED) is 0.341. The first-order valence-electron chi connectivity index (χ1n) is 11.1. The molecule has 166 valence electrons. The number of fused-ring (bicyclic) bond motifs is 2. The smallest absolute Gasteiger partial charge is 0.161 e. The average Bonchev–Trinajstić information content (AvgIpc) is 2.83. The van der Waals surface area contributed by atoms with Crippen molar-refractivity contribution in [3.05, 3.63) is 71.7 Å². The van der Waals surface area contributed by atoms with Crippen molar-refractivity contribution in [2.45, 2.75) is 51.9 Å². The number of aromatic nitrogens is 2. The van der Waals surface area contributed by atoms with E-state index in [1.54, 1.807) is 14.2 Å². The first-order chi connectivity index (χ1) is 15.3. The molecule has 0 N–H and O–H groups in total. The molecule has 1 saturated carbocycles. The van der Waals surface area contributed by atoms with Crippen LogP contribution in [0.3, 0.4) is 0 Å². The maximum atomic E-state index is 5.63. The van der Waals surface area contributed by atoms with Gasteiger partial charge in [0.1, 0.15) is 0 Å². The van der Waals surface area contributed by atoms with Crippen LogP contribution in [-0.2, 0) is 6.42 Å². The normalized spacial score (nSPS) is 14.3. The zero-order valence-electron chi connectivity index (χ0n) is 18.2. The van der Waals surface area contributed by atoms with Crippen LogP contribution in [0.4, 0.5) is 0 Å². The number of rotatable bonds is 5. The Hall–Kier alpha value is -3.14. The Morgan fingerprint density at radius 3 is 2.31 bits per heavy atom. The van der Waals surface area contributed by atoms with Crippen LogP contribution in [-0.4, -0.2) is 24.2 Å². The summed E-state index contributed by atoms with van der Waals surface area (Å²) in [4.78, 5) is 9.65. The maximum Gasteiger partial charge on any atom is 0.161 e. The highest BCUT2D eigenvalue weighted by Gasteiger charge is 2.22. The van der Waals surface area contributed by atoms with Crippen molar-refractivity contribution in [2.24, 2.45) is 0 Å². The van der Waals surface area contributed by atoms with Gasteiger partial charge in [0.05, 0.1) is 25.4 Å². The Kier molecular flexibility index (Phi) is 6.59. The summed E-state index contributed by atoms with van der Waals surface area (Å²) in [5.41, 5.74) is 4.60. The molecule has 5 rings (SSSR count). The molecule has 0 atom stereocenters. The first kappa shape index (κ1) is 22.1. The van der Waals surface area contributed by atoms with E-state index in [0.29, 0.717) is 5.92 Å². The highest BCUT2D eigenvalue weighted by molar-refractivity contribution is 5.91. The van der Waals surface area contributed by atoms with Gasteiger partial charge in [-0.2, -0.15) is 0 Å². The van der Waals surface area contributed by atoms with Gasteiger partial charge in [0.2, 0.25) is 0 Å². The molecule has 1 fully saturated rings. The van der Waals surface area contributed by atoms with E-state index < -0.39 is 0 Å². The monoisotopic (exact) mass is 428 g/mol. The summed E-state index contributed by atoms with van der Waals surface area (Å²) in [6, 6.07) is 14.7. The standard InChI is InChI=1S/C27H28N2O2.CH4/c1-30-25-14-22-21(13-18-12-20-10-6-7-11-24(20)28-16-18)17-29-27(19-8-4-3-5-9-19)23(22)15-26(25)31-2;/h6-7,10-12,14-17,19H,3-5,8-9,13H2,1-2H3;1H4. The van der Waals surface area contributed by atoms with Crippen LogP contribution in [0, 0.1) is 0 Å². The number of pyridine rings is 2. The molecule has 4 heteroatoms. The largest absolute Gasteiger partial charge is 0.493 e. The van der Waals surface area contributed by atoms with Crippen molar-refractivity contribution in [2.75, 3.05) is 14.2 Å². The summed E-state index contributed by atoms with van der Waals surface area (Å²) in [6.07, 6.45) is 11.1. The second-order valence-electron chi connectivity index (χ2n) is 8.47. The molecule has 0 spiro atoms. The zero-order chi connectivity index (χ0) is 21.2. The maximum absolute atomic E-state index is 5.63. The Morgan fingerprint density at radius 1 is 0.844 bits per heavy atom. The van der Waals surface area contributed by atoms with Crippen LogP contribution in [0.25, 0.3) is 21.7 Å². The minimum absolute atomic E-state index is 0. The minimum Gasteiger partial charge on any atom is -0.493 e. The van der Waals surface area contributed by atoms with Gasteiger partial charge in [-0.3, -0.25) is 9.97 Å². The van der Waals surface area contributed by atoms with Crippen LogP contribution in [0.2, 0.25) is 0 Å². The van der Waals surface area contributed by atoms with Gasteiger partial charge in [0, 0.05) is 35.5 Å². The Labute approximate surface area is 190 Å². The molecule has 32 heavy (non-hydrogen) atoms. The zero-order valence-corrected chi connectivity index (χ0v) is 18.2. The summed E-state index contributed by atoms with van der Waals surface area (Å²) < 4.78 is 11.3. The van der Waals surface area contributed by atoms with Gasteiger partial charge in [0.25, 0.3) is 0 Å². The molecule has 1 aliphatic rings. The molecular weight excluding hydrogens is 396 g/mol. The number of benzene rings is 2. The number of hydrogen-bond donors (Lipinski definition) is 0. The van der Waals surface area contributed by atoms with E-state index in [9.17, 15) is 0 Å². The predicted octanol–water partition coefficient (Wildman–Crippen LogP) is 7.07. The van der Waals surface area contributed by atoms with Crippen molar-refractivity contribution in [1.82, 2.24) is 9.97 Å². The lowest BCUT2D eigenvalue weighted by molar-refractivity contribution is 0.355. The molecule has 0 radical (unpaired) electrons. The van der Waals surface area contributed by atoms with Gasteiger partial charge in [-0.1, -0.05) is 44.9 Å². The van der Waals surface area contributed by atoms with Crippen LogP contribution >= 0.6 is 0 Å². The number of para-hydroxylation sites is 1. The second kappa shape index (κ2) is 9.56. The van der Waals surface area contributed by atoms with Gasteiger partial charge in [-0.15, -0.1) is 0 Å². The summed E-state index contributed by atoms with van der Waals surface area (Å²) in [6.45, 7) is 0. The van der Waals surface area contributed by atoms with Crippen molar-refractivity contribution in [1.29, 1.82) is 0 Å². The van der Waals surface area contributed by atoms with Crippen molar-refractivity contribution in [3.8, 4) is 11.5 Å². The van der Waals surface area contributed by atoms with E-state index >= 15 is 0 Å². The molecule has 0 bridgehead atoms. The molecule has 1 aliphatic carbocycles. The van der Waals surface area contributed by atoms with Crippen LogP contribution < -0.4 is 9.47 Å². The second-order valence-corrected chi connectivity index (χ2v) is 8.47. The van der Waals surface area contributed by atoms with E-state index in [1.165, 1.54) is 59.7 Å². The fraction of sp³-hybridized carbons (Fsp3) is 0.357. The third-order valence-corrected chi connectivity index (χ3v) is 6.54. The van der Waals surface area contributed by atoms with E-state index in [2.05, 4.69) is 41.5 Å². The average molecular weight is 429 g/mol. The van der Waals surface area contributed by atoms with E-state index in [1.807, 2.05) is 18.3 Å². The van der Waals surface area contributed by atoms with E-state index in [0.717, 1.165) is 28.8 Å². The van der Waals surface area contributed by atoms with Crippen LogP contribution in [0.1, 0.15) is 62.3 Å². The molecule has 2 aromatic heterocycles. The number of methoxy groups -OCH3 is 2. The van der Waals surface area contributed by atoms with Gasteiger partial charge in [-0.25, -0.2) is 0 Å². The van der Waals surface area contributed by atoms with Gasteiger partial charge >= 0.3 is 0 Å². The van der Waals surface area contributed by atoms with Gasteiger partial charge in [-0.05, 0) is 53.6 Å². The molecule has 2 aromatic carbocycles. The SMILES string of the molecule is C.COc1cc2c(Cc3cnc4ccccc4c3)cnc(C3CCCCC3)c2cc1OC. The molecule has 4 nitrogen and oxygen atoms in total. The molecule has 2 heterocycles. The Morgan fingerprint density at radius 2 is 1.56 bits per heavy atom. The number of hydrogen-bond acceptors (Lipinski definition) is 4. The molecule has 4 aromatic rings. The van der Waals surface area contributed by atoms with Crippen LogP contribution in [0.15, 0.2) is 54.9 Å². The third-order valence-electron chi connectivity index (χ3n) is 6.54. The highest BCUT2D eigenvalue weighted by Crippen LogP contribution is 2.40. The molecule has 0 aliphatic heterocycles. The molecule has 0 saturated heterocycles. The number of nitrogens with zero attached hydrogens (tertiary/aromatic N) is 2. The predicted molar refractivity (Wildman–Crippen MR) is 132 cm³/mol. The third kappa shape index (κ3) is 4.14. The lowest BCUT2D eigenvalue weighted by atomic mass is 9.84. The lowest BCUT2D eigenvalue weighted by Crippen LogP contribution is -2.08. The topological polar surface area (TPSA) is 44.2 Å². The van der Waals surface area contributed by atoms with Crippen molar-refractivity contribution >= 4 is 21.7 Å². The van der Waals surface area contributed by atoms with E-state index in [4.69, 9.17) is 14.5 Å². The first-order valence-corrected chi connectivity index (χ1v) is 11.1. The summed E-state index contributed by atoms with van der Waals surface area (Å²) >= 11 is 0. The fourth-order valence-electron chi connectivity index (χ4n) is 4.92. The van der Waals surface area contributed by atoms with Crippen molar-refractivity contribution < 1.29 is 9.47 Å².